The van der Waals surface area contributed by atoms with Gasteiger partial charge in [-0.25, -0.2) is 13.2 Å². The minimum atomic E-state index is -3.64. The van der Waals surface area contributed by atoms with Gasteiger partial charge in [0.15, 0.2) is 0 Å². The molecular formula is C24H22INO4S. The van der Waals surface area contributed by atoms with Gasteiger partial charge < -0.3 is 4.74 Å². The molecule has 0 heterocycles. The maximum absolute atomic E-state index is 12.5. The molecule has 0 aliphatic heterocycles. The van der Waals surface area contributed by atoms with E-state index in [1.807, 2.05) is 24.3 Å². The monoisotopic (exact) mass is 547 g/mol. The van der Waals surface area contributed by atoms with Crippen molar-refractivity contribution in [2.45, 2.75) is 17.4 Å². The Labute approximate surface area is 196 Å². The first kappa shape index (κ1) is 23.0. The predicted octanol–water partition coefficient (Wildman–Crippen LogP) is 5.55. The summed E-state index contributed by atoms with van der Waals surface area (Å²) in [6.07, 6.45) is 4.12. The number of hydrogen-bond acceptors (Lipinski definition) is 4. The van der Waals surface area contributed by atoms with Gasteiger partial charge in [0.1, 0.15) is 6.10 Å². The maximum atomic E-state index is 12.5. The second kappa shape index (κ2) is 11.1. The van der Waals surface area contributed by atoms with Crippen LogP contribution in [0.5, 0.6) is 0 Å². The first-order valence-electron chi connectivity index (χ1n) is 9.64. The van der Waals surface area contributed by atoms with Crippen molar-refractivity contribution in [3.8, 4) is 0 Å². The Hall–Kier alpha value is -2.65. The number of anilines is 1. The minimum absolute atomic E-state index is 0.209. The van der Waals surface area contributed by atoms with E-state index in [9.17, 15) is 13.2 Å². The van der Waals surface area contributed by atoms with E-state index in [0.717, 1.165) is 5.56 Å². The highest BCUT2D eigenvalue weighted by Gasteiger charge is 2.14. The Balaban J connectivity index is 1.61. The number of nitrogens with one attached hydrogen (secondary N) is 1. The van der Waals surface area contributed by atoms with E-state index in [1.165, 1.54) is 0 Å². The molecule has 0 aliphatic carbocycles. The van der Waals surface area contributed by atoms with Crippen LogP contribution in [0.3, 0.4) is 0 Å². The lowest BCUT2D eigenvalue weighted by molar-refractivity contribution is 0.0363. The highest BCUT2D eigenvalue weighted by molar-refractivity contribution is 14.1. The van der Waals surface area contributed by atoms with Crippen molar-refractivity contribution in [1.29, 1.82) is 0 Å². The molecule has 0 aromatic heterocycles. The van der Waals surface area contributed by atoms with Gasteiger partial charge in [-0.1, -0.05) is 83.3 Å². The number of carbonyl (C=O) groups excluding carboxylic acids is 1. The molecule has 3 aromatic carbocycles. The van der Waals surface area contributed by atoms with Crippen LogP contribution in [0.2, 0.25) is 0 Å². The molecule has 0 saturated carbocycles. The van der Waals surface area contributed by atoms with E-state index in [2.05, 4.69) is 27.3 Å². The number of hydrogen-bond donors (Lipinski definition) is 1. The van der Waals surface area contributed by atoms with Crippen molar-refractivity contribution < 1.29 is 17.9 Å². The third kappa shape index (κ3) is 6.93. The maximum Gasteiger partial charge on any atom is 0.338 e. The van der Waals surface area contributed by atoms with E-state index in [1.54, 1.807) is 72.8 Å². The Morgan fingerprint density at radius 3 is 2.32 bits per heavy atom. The van der Waals surface area contributed by atoms with Crippen molar-refractivity contribution >= 4 is 50.3 Å². The first-order valence-corrected chi connectivity index (χ1v) is 12.7. The van der Waals surface area contributed by atoms with E-state index >= 15 is 0 Å². The standard InChI is InChI=1S/C24H22INO4S/c25-18-22(30-24(27)20-11-3-1-4-12-20)14-8-10-19-9-7-13-21(17-19)26-31(28,29)23-15-5-2-6-16-23/h1-13,15-17,22,26H,14,18H2/b10-8+. The minimum Gasteiger partial charge on any atom is -0.458 e. The van der Waals surface area contributed by atoms with Gasteiger partial charge in [-0.3, -0.25) is 4.72 Å². The number of benzene rings is 3. The Bertz CT molecular complexity index is 1130. The number of alkyl halides is 1. The van der Waals surface area contributed by atoms with Crippen molar-refractivity contribution in [1.82, 2.24) is 0 Å². The summed E-state index contributed by atoms with van der Waals surface area (Å²) in [4.78, 5) is 12.4. The molecule has 160 valence electrons. The van der Waals surface area contributed by atoms with Crippen LogP contribution in [0.25, 0.3) is 6.08 Å². The lowest BCUT2D eigenvalue weighted by Crippen LogP contribution is -2.19. The van der Waals surface area contributed by atoms with E-state index in [4.69, 9.17) is 4.74 Å². The van der Waals surface area contributed by atoms with Gasteiger partial charge in [0.25, 0.3) is 10.0 Å². The third-order valence-corrected chi connectivity index (χ3v) is 6.74. The zero-order valence-corrected chi connectivity index (χ0v) is 19.6. The number of sulfonamides is 1. The number of ether oxygens (including phenoxy) is 1. The summed E-state index contributed by atoms with van der Waals surface area (Å²) in [7, 11) is -3.64. The fraction of sp³-hybridized carbons (Fsp3) is 0.125. The van der Waals surface area contributed by atoms with Crippen molar-refractivity contribution in [3.63, 3.8) is 0 Å². The van der Waals surface area contributed by atoms with Gasteiger partial charge in [0, 0.05) is 16.5 Å². The van der Waals surface area contributed by atoms with E-state index < -0.39 is 10.0 Å². The normalized spacial score (nSPS) is 12.4. The summed E-state index contributed by atoms with van der Waals surface area (Å²) in [6.45, 7) is 0. The molecule has 1 N–H and O–H groups in total. The predicted molar refractivity (Wildman–Crippen MR) is 132 cm³/mol. The smallest absolute Gasteiger partial charge is 0.338 e. The molecule has 0 fully saturated rings. The number of halogens is 1. The molecule has 7 heteroatoms. The van der Waals surface area contributed by atoms with Crippen LogP contribution < -0.4 is 4.72 Å². The average molecular weight is 547 g/mol. The fourth-order valence-electron chi connectivity index (χ4n) is 2.81. The lowest BCUT2D eigenvalue weighted by atomic mass is 10.1. The number of carbonyl (C=O) groups is 1. The van der Waals surface area contributed by atoms with Gasteiger partial charge in [-0.05, 0) is 42.0 Å². The summed E-state index contributed by atoms with van der Waals surface area (Å²) < 4.78 is 33.8. The van der Waals surface area contributed by atoms with Gasteiger partial charge in [-0.2, -0.15) is 0 Å². The Morgan fingerprint density at radius 1 is 0.968 bits per heavy atom. The van der Waals surface area contributed by atoms with Crippen LogP contribution >= 0.6 is 22.6 Å². The van der Waals surface area contributed by atoms with Crippen LogP contribution in [-0.4, -0.2) is 24.9 Å². The molecule has 0 bridgehead atoms. The van der Waals surface area contributed by atoms with Crippen LogP contribution in [0.15, 0.2) is 95.9 Å². The Kier molecular flexibility index (Phi) is 8.25. The summed E-state index contributed by atoms with van der Waals surface area (Å²) >= 11 is 2.19. The highest BCUT2D eigenvalue weighted by Crippen LogP contribution is 2.18. The van der Waals surface area contributed by atoms with Crippen LogP contribution in [0, 0.1) is 0 Å². The summed E-state index contributed by atoms with van der Waals surface area (Å²) in [6, 6.07) is 24.3. The van der Waals surface area contributed by atoms with Crippen molar-refractivity contribution in [2.75, 3.05) is 9.15 Å². The average Bonchev–Trinajstić information content (AvgIpc) is 2.79. The van der Waals surface area contributed by atoms with Crippen LogP contribution in [-0.2, 0) is 14.8 Å². The van der Waals surface area contributed by atoms with Crippen LogP contribution in [0.4, 0.5) is 5.69 Å². The van der Waals surface area contributed by atoms with E-state index in [0.29, 0.717) is 22.1 Å². The molecule has 0 aliphatic rings. The first-order chi connectivity index (χ1) is 15.0. The van der Waals surface area contributed by atoms with Crippen molar-refractivity contribution in [3.05, 3.63) is 102 Å². The second-order valence-electron chi connectivity index (χ2n) is 6.73. The zero-order valence-electron chi connectivity index (χ0n) is 16.6. The zero-order chi connectivity index (χ0) is 22.1. The molecule has 5 nitrogen and oxygen atoms in total. The van der Waals surface area contributed by atoms with Gasteiger partial charge in [0.2, 0.25) is 0 Å². The highest BCUT2D eigenvalue weighted by atomic mass is 127. The number of esters is 1. The molecule has 3 aromatic rings. The topological polar surface area (TPSA) is 72.5 Å². The van der Waals surface area contributed by atoms with Crippen LogP contribution in [0.1, 0.15) is 22.3 Å². The molecule has 0 saturated heterocycles. The second-order valence-corrected chi connectivity index (χ2v) is 9.29. The SMILES string of the molecule is O=C(OC(CI)C/C=C/c1cccc(NS(=O)(=O)c2ccccc2)c1)c1ccccc1. The molecule has 0 amide bonds. The molecule has 1 unspecified atom stereocenters. The molecule has 1 atom stereocenters. The number of rotatable bonds is 9. The molecule has 0 spiro atoms. The summed E-state index contributed by atoms with van der Waals surface area (Å²) in [5.41, 5.74) is 1.85. The summed E-state index contributed by atoms with van der Waals surface area (Å²) in [5, 5.41) is 0. The quantitative estimate of drug-likeness (QED) is 0.217. The van der Waals surface area contributed by atoms with Gasteiger partial charge in [0.05, 0.1) is 10.5 Å². The largest absolute Gasteiger partial charge is 0.458 e. The molecule has 0 radical (unpaired) electrons. The van der Waals surface area contributed by atoms with Crippen molar-refractivity contribution in [2.24, 2.45) is 0 Å². The van der Waals surface area contributed by atoms with E-state index in [-0.39, 0.29) is 17.0 Å². The fourth-order valence-corrected chi connectivity index (χ4v) is 4.42. The lowest BCUT2D eigenvalue weighted by Gasteiger charge is -2.13. The van der Waals surface area contributed by atoms with Gasteiger partial charge >= 0.3 is 5.97 Å². The van der Waals surface area contributed by atoms with Gasteiger partial charge in [-0.15, -0.1) is 0 Å². The Morgan fingerprint density at radius 2 is 1.65 bits per heavy atom. The summed E-state index contributed by atoms with van der Waals surface area (Å²) in [5.74, 6) is -0.340. The molecule has 31 heavy (non-hydrogen) atoms. The molecule has 3 rings (SSSR count). The third-order valence-electron chi connectivity index (χ3n) is 4.36. The molecular weight excluding hydrogens is 525 g/mol.